The summed E-state index contributed by atoms with van der Waals surface area (Å²) in [5, 5.41) is 15.6. The van der Waals surface area contributed by atoms with Crippen molar-refractivity contribution >= 4 is 5.91 Å². The van der Waals surface area contributed by atoms with Gasteiger partial charge in [-0.05, 0) is 12.5 Å². The Labute approximate surface area is 86.7 Å². The van der Waals surface area contributed by atoms with Gasteiger partial charge in [0.1, 0.15) is 6.04 Å². The zero-order valence-corrected chi connectivity index (χ0v) is 8.02. The highest BCUT2D eigenvalue weighted by atomic mass is 16.1. The standard InChI is InChI=1S/C9H11N5O/c10-9(15)6-3-5-12-14-8(6)7-2-1-4-11-13-7/h1,3-8H,2H2,(H2,10,15). The monoisotopic (exact) mass is 205 g/mol. The molecule has 0 aromatic heterocycles. The summed E-state index contributed by atoms with van der Waals surface area (Å²) in [7, 11) is 0. The van der Waals surface area contributed by atoms with E-state index < -0.39 is 11.8 Å². The lowest BCUT2D eigenvalue weighted by Gasteiger charge is -2.24. The zero-order chi connectivity index (χ0) is 10.7. The highest BCUT2D eigenvalue weighted by Crippen LogP contribution is 2.24. The molecule has 2 N–H and O–H groups in total. The number of azo groups is 2. The fraction of sp³-hybridized carbons (Fsp3) is 0.444. The average Bonchev–Trinajstić information content (AvgIpc) is 2.30. The van der Waals surface area contributed by atoms with Crippen LogP contribution in [-0.4, -0.2) is 18.0 Å². The Morgan fingerprint density at radius 2 is 2.07 bits per heavy atom. The van der Waals surface area contributed by atoms with E-state index in [0.717, 1.165) is 0 Å². The molecule has 3 atom stereocenters. The molecule has 0 aromatic carbocycles. The van der Waals surface area contributed by atoms with Crippen molar-refractivity contribution in [3.63, 3.8) is 0 Å². The van der Waals surface area contributed by atoms with Crippen LogP contribution in [0.1, 0.15) is 6.42 Å². The van der Waals surface area contributed by atoms with Crippen LogP contribution in [-0.2, 0) is 4.79 Å². The molecule has 0 radical (unpaired) electrons. The van der Waals surface area contributed by atoms with Crippen molar-refractivity contribution in [1.29, 1.82) is 0 Å². The first-order valence-corrected chi connectivity index (χ1v) is 4.70. The summed E-state index contributed by atoms with van der Waals surface area (Å²) in [6.07, 6.45) is 7.38. The molecule has 0 aromatic rings. The third-order valence-electron chi connectivity index (χ3n) is 2.42. The maximum atomic E-state index is 11.2. The highest BCUT2D eigenvalue weighted by molar-refractivity contribution is 5.79. The largest absolute Gasteiger partial charge is 0.369 e. The van der Waals surface area contributed by atoms with Gasteiger partial charge in [0.25, 0.3) is 0 Å². The fourth-order valence-electron chi connectivity index (χ4n) is 1.64. The van der Waals surface area contributed by atoms with E-state index in [1.165, 1.54) is 6.20 Å². The predicted molar refractivity (Wildman–Crippen MR) is 52.9 cm³/mol. The Balaban J connectivity index is 2.16. The number of nitrogens with zero attached hydrogens (tertiary/aromatic N) is 4. The molecule has 0 saturated carbocycles. The van der Waals surface area contributed by atoms with Crippen LogP contribution < -0.4 is 5.73 Å². The number of hydrogen-bond donors (Lipinski definition) is 1. The van der Waals surface area contributed by atoms with Gasteiger partial charge in [0.05, 0.1) is 12.0 Å². The minimum atomic E-state index is -0.432. The van der Waals surface area contributed by atoms with Crippen LogP contribution in [0.2, 0.25) is 0 Å². The summed E-state index contributed by atoms with van der Waals surface area (Å²) in [5.74, 6) is -0.836. The van der Waals surface area contributed by atoms with Crippen molar-refractivity contribution < 1.29 is 4.79 Å². The van der Waals surface area contributed by atoms with E-state index in [0.29, 0.717) is 6.42 Å². The average molecular weight is 205 g/mol. The molecule has 3 unspecified atom stereocenters. The number of hydrogen-bond acceptors (Lipinski definition) is 5. The van der Waals surface area contributed by atoms with Gasteiger partial charge in [-0.3, -0.25) is 4.79 Å². The topological polar surface area (TPSA) is 92.5 Å². The Morgan fingerprint density at radius 3 is 2.73 bits per heavy atom. The normalized spacial score (nSPS) is 33.2. The van der Waals surface area contributed by atoms with Gasteiger partial charge in [-0.2, -0.15) is 20.5 Å². The lowest BCUT2D eigenvalue weighted by molar-refractivity contribution is -0.121. The van der Waals surface area contributed by atoms with E-state index in [9.17, 15) is 4.79 Å². The molecule has 6 nitrogen and oxygen atoms in total. The molecule has 0 fully saturated rings. The minimum Gasteiger partial charge on any atom is -0.369 e. The first-order chi connectivity index (χ1) is 7.29. The van der Waals surface area contributed by atoms with E-state index in [1.54, 1.807) is 12.3 Å². The molecule has 2 aliphatic rings. The van der Waals surface area contributed by atoms with Crippen LogP contribution in [0.5, 0.6) is 0 Å². The van der Waals surface area contributed by atoms with Crippen LogP contribution in [0.15, 0.2) is 45.0 Å². The van der Waals surface area contributed by atoms with Gasteiger partial charge < -0.3 is 5.73 Å². The maximum absolute atomic E-state index is 11.2. The van der Waals surface area contributed by atoms with E-state index in [4.69, 9.17) is 5.73 Å². The zero-order valence-electron chi connectivity index (χ0n) is 8.02. The van der Waals surface area contributed by atoms with Crippen LogP contribution in [0.25, 0.3) is 0 Å². The lowest BCUT2D eigenvalue weighted by atomic mass is 9.91. The second-order valence-electron chi connectivity index (χ2n) is 3.41. The molecule has 0 saturated heterocycles. The molecule has 6 heteroatoms. The van der Waals surface area contributed by atoms with Crippen molar-refractivity contribution in [1.82, 2.24) is 0 Å². The molecule has 2 heterocycles. The van der Waals surface area contributed by atoms with Gasteiger partial charge in [0, 0.05) is 12.4 Å². The van der Waals surface area contributed by atoms with Crippen molar-refractivity contribution in [3.05, 3.63) is 24.6 Å². The van der Waals surface area contributed by atoms with Gasteiger partial charge in [0.15, 0.2) is 0 Å². The number of rotatable bonds is 2. The third-order valence-corrected chi connectivity index (χ3v) is 2.42. The molecule has 2 aliphatic heterocycles. The SMILES string of the molecule is NC(=O)C1C=CN=NC1C1CC=CN=N1. The Morgan fingerprint density at radius 1 is 1.27 bits per heavy atom. The quantitative estimate of drug-likeness (QED) is 0.720. The number of primary amides is 1. The van der Waals surface area contributed by atoms with Crippen molar-refractivity contribution in [3.8, 4) is 0 Å². The summed E-state index contributed by atoms with van der Waals surface area (Å²) in [6.45, 7) is 0. The van der Waals surface area contributed by atoms with Crippen LogP contribution in [0, 0.1) is 5.92 Å². The highest BCUT2D eigenvalue weighted by Gasteiger charge is 2.33. The van der Waals surface area contributed by atoms with Gasteiger partial charge >= 0.3 is 0 Å². The smallest absolute Gasteiger partial charge is 0.226 e. The summed E-state index contributed by atoms with van der Waals surface area (Å²) in [4.78, 5) is 11.2. The van der Waals surface area contributed by atoms with E-state index >= 15 is 0 Å². The third kappa shape index (κ3) is 1.98. The van der Waals surface area contributed by atoms with Gasteiger partial charge in [-0.15, -0.1) is 0 Å². The van der Waals surface area contributed by atoms with E-state index in [-0.39, 0.29) is 12.1 Å². The first kappa shape index (κ1) is 9.70. The second-order valence-corrected chi connectivity index (χ2v) is 3.41. The van der Waals surface area contributed by atoms with Crippen LogP contribution in [0.4, 0.5) is 0 Å². The summed E-state index contributed by atoms with van der Waals surface area (Å²) >= 11 is 0. The van der Waals surface area contributed by atoms with Crippen LogP contribution >= 0.6 is 0 Å². The molecular weight excluding hydrogens is 194 g/mol. The Kier molecular flexibility index (Phi) is 2.66. The Hall–Kier alpha value is -1.85. The maximum Gasteiger partial charge on any atom is 0.226 e. The summed E-state index contributed by atoms with van der Waals surface area (Å²) in [6, 6.07) is -0.456. The predicted octanol–water partition coefficient (Wildman–Crippen LogP) is 1.17. The number of amides is 1. The van der Waals surface area contributed by atoms with Gasteiger partial charge in [-0.25, -0.2) is 0 Å². The van der Waals surface area contributed by atoms with E-state index in [1.807, 2.05) is 6.08 Å². The molecule has 78 valence electrons. The molecule has 0 aliphatic carbocycles. The van der Waals surface area contributed by atoms with E-state index in [2.05, 4.69) is 20.5 Å². The Bertz CT molecular complexity index is 371. The minimum absolute atomic E-state index is 0.138. The van der Waals surface area contributed by atoms with Crippen molar-refractivity contribution in [2.24, 2.45) is 32.1 Å². The van der Waals surface area contributed by atoms with Crippen molar-refractivity contribution in [2.75, 3.05) is 0 Å². The number of nitrogens with two attached hydrogens (primary N) is 1. The lowest BCUT2D eigenvalue weighted by Crippen LogP contribution is -2.38. The summed E-state index contributed by atoms with van der Waals surface area (Å²) < 4.78 is 0. The molecule has 1 amide bonds. The van der Waals surface area contributed by atoms with Crippen molar-refractivity contribution in [2.45, 2.75) is 18.5 Å². The van der Waals surface area contributed by atoms with Gasteiger partial charge in [-0.1, -0.05) is 6.08 Å². The first-order valence-electron chi connectivity index (χ1n) is 4.70. The molecule has 0 spiro atoms. The number of carbonyl (C=O) groups is 1. The fourth-order valence-corrected chi connectivity index (χ4v) is 1.64. The summed E-state index contributed by atoms with van der Waals surface area (Å²) in [5.41, 5.74) is 5.28. The molecule has 15 heavy (non-hydrogen) atoms. The van der Waals surface area contributed by atoms with Gasteiger partial charge in [0.2, 0.25) is 5.91 Å². The molecule has 2 rings (SSSR count). The number of carbonyl (C=O) groups excluding carboxylic acids is 1. The molecular formula is C9H11N5O. The second kappa shape index (κ2) is 4.12. The van der Waals surface area contributed by atoms with Crippen LogP contribution in [0.3, 0.4) is 0 Å². The molecule has 0 bridgehead atoms.